The molecular weight excluding hydrogens is 282 g/mol. The number of nitrogens with zero attached hydrogens (tertiary/aromatic N) is 1. The summed E-state index contributed by atoms with van der Waals surface area (Å²) in [6.45, 7) is 1.80. The van der Waals surface area contributed by atoms with E-state index in [0.717, 1.165) is 12.1 Å². The molecule has 0 fully saturated rings. The van der Waals surface area contributed by atoms with Gasteiger partial charge in [-0.3, -0.25) is 10.1 Å². The Morgan fingerprint density at radius 3 is 2.28 bits per heavy atom. The molecule has 0 aliphatic carbocycles. The smallest absolute Gasteiger partial charge is 0.269 e. The Kier molecular flexibility index (Phi) is 6.19. The van der Waals surface area contributed by atoms with Crippen LogP contribution in [0.15, 0.2) is 29.2 Å². The predicted molar refractivity (Wildman–Crippen MR) is 69.2 cm³/mol. The van der Waals surface area contributed by atoms with Crippen LogP contribution in [-0.2, 0) is 10.0 Å². The first kappa shape index (κ1) is 16.8. The van der Waals surface area contributed by atoms with Gasteiger partial charge < -0.3 is 5.73 Å². The van der Waals surface area contributed by atoms with Crippen LogP contribution in [0.25, 0.3) is 0 Å². The van der Waals surface area contributed by atoms with Gasteiger partial charge in [0.05, 0.1) is 9.82 Å². The van der Waals surface area contributed by atoms with Crippen LogP contribution in [0, 0.1) is 10.1 Å². The molecule has 102 valence electrons. The number of nitrogens with two attached hydrogens (primary N) is 1. The molecule has 0 saturated carbocycles. The van der Waals surface area contributed by atoms with E-state index in [2.05, 4.69) is 4.72 Å². The third kappa shape index (κ3) is 4.22. The summed E-state index contributed by atoms with van der Waals surface area (Å²) in [5, 5.41) is 10.4. The van der Waals surface area contributed by atoms with Crippen LogP contribution >= 0.6 is 12.4 Å². The first-order valence-corrected chi connectivity index (χ1v) is 6.32. The summed E-state index contributed by atoms with van der Waals surface area (Å²) >= 11 is 0. The molecule has 0 radical (unpaired) electrons. The van der Waals surface area contributed by atoms with Crippen LogP contribution in [0.3, 0.4) is 0 Å². The average Bonchev–Trinajstić information content (AvgIpc) is 2.28. The van der Waals surface area contributed by atoms with E-state index < -0.39 is 21.0 Å². The van der Waals surface area contributed by atoms with E-state index in [4.69, 9.17) is 5.73 Å². The average molecular weight is 296 g/mol. The SMILES string of the molecule is C[C@@H](CN)NS(=O)(=O)c1ccc([N+](=O)[O-])cc1.Cl. The molecule has 7 nitrogen and oxygen atoms in total. The lowest BCUT2D eigenvalue weighted by atomic mass is 10.3. The van der Waals surface area contributed by atoms with Crippen LogP contribution in [0.1, 0.15) is 6.92 Å². The Hall–Kier alpha value is -1.22. The Bertz CT molecular complexity index is 503. The quantitative estimate of drug-likeness (QED) is 0.611. The third-order valence-corrected chi connectivity index (χ3v) is 3.67. The van der Waals surface area contributed by atoms with Gasteiger partial charge in [0.15, 0.2) is 0 Å². The summed E-state index contributed by atoms with van der Waals surface area (Å²) < 4.78 is 25.8. The van der Waals surface area contributed by atoms with Gasteiger partial charge in [0, 0.05) is 24.7 Å². The summed E-state index contributed by atoms with van der Waals surface area (Å²) in [7, 11) is -3.67. The van der Waals surface area contributed by atoms with Crippen LogP contribution in [0.5, 0.6) is 0 Å². The topological polar surface area (TPSA) is 115 Å². The third-order valence-electron chi connectivity index (χ3n) is 2.07. The van der Waals surface area contributed by atoms with Gasteiger partial charge in [0.1, 0.15) is 0 Å². The van der Waals surface area contributed by atoms with Gasteiger partial charge >= 0.3 is 0 Å². The highest BCUT2D eigenvalue weighted by atomic mass is 35.5. The van der Waals surface area contributed by atoms with Crippen molar-refractivity contribution in [3.8, 4) is 0 Å². The van der Waals surface area contributed by atoms with E-state index in [1.54, 1.807) is 6.92 Å². The molecule has 1 rings (SSSR count). The molecule has 0 heterocycles. The Balaban J connectivity index is 0.00000289. The molecule has 0 amide bonds. The maximum Gasteiger partial charge on any atom is 0.269 e. The minimum atomic E-state index is -3.67. The van der Waals surface area contributed by atoms with Crippen molar-refractivity contribution in [2.24, 2.45) is 5.73 Å². The first-order valence-electron chi connectivity index (χ1n) is 4.83. The minimum absolute atomic E-state index is 0. The molecule has 0 spiro atoms. The molecule has 0 aliphatic rings. The summed E-state index contributed by atoms with van der Waals surface area (Å²) in [4.78, 5) is 9.79. The summed E-state index contributed by atoms with van der Waals surface area (Å²) in [5.74, 6) is 0. The second-order valence-electron chi connectivity index (χ2n) is 3.51. The molecule has 0 saturated heterocycles. The first-order chi connectivity index (χ1) is 7.86. The lowest BCUT2D eigenvalue weighted by Crippen LogP contribution is -2.37. The van der Waals surface area contributed by atoms with Gasteiger partial charge in [-0.25, -0.2) is 13.1 Å². The monoisotopic (exact) mass is 295 g/mol. The van der Waals surface area contributed by atoms with Gasteiger partial charge in [-0.05, 0) is 19.1 Å². The number of hydrogen-bond donors (Lipinski definition) is 2. The van der Waals surface area contributed by atoms with Gasteiger partial charge in [-0.1, -0.05) is 0 Å². The zero-order chi connectivity index (χ0) is 13.1. The van der Waals surface area contributed by atoms with Crippen molar-refractivity contribution < 1.29 is 13.3 Å². The van der Waals surface area contributed by atoms with Crippen LogP contribution in [0.2, 0.25) is 0 Å². The highest BCUT2D eigenvalue weighted by Gasteiger charge is 2.17. The largest absolute Gasteiger partial charge is 0.329 e. The van der Waals surface area contributed by atoms with E-state index in [1.165, 1.54) is 12.1 Å². The highest BCUT2D eigenvalue weighted by Crippen LogP contribution is 2.15. The zero-order valence-electron chi connectivity index (χ0n) is 9.57. The van der Waals surface area contributed by atoms with Gasteiger partial charge in [0.25, 0.3) is 5.69 Å². The normalized spacial score (nSPS) is 12.6. The lowest BCUT2D eigenvalue weighted by molar-refractivity contribution is -0.384. The second kappa shape index (κ2) is 6.64. The van der Waals surface area contributed by atoms with E-state index in [9.17, 15) is 18.5 Å². The number of hydrogen-bond acceptors (Lipinski definition) is 5. The molecule has 1 atom stereocenters. The Morgan fingerprint density at radius 2 is 1.89 bits per heavy atom. The summed E-state index contributed by atoms with van der Waals surface area (Å²) in [6.07, 6.45) is 0. The van der Waals surface area contributed by atoms with Crippen molar-refractivity contribution in [1.82, 2.24) is 4.72 Å². The molecule has 1 aromatic carbocycles. The fourth-order valence-corrected chi connectivity index (χ4v) is 2.38. The molecule has 1 aromatic rings. The van der Waals surface area contributed by atoms with Crippen LogP contribution in [0.4, 0.5) is 5.69 Å². The molecule has 9 heteroatoms. The Labute approximate surface area is 111 Å². The van der Waals surface area contributed by atoms with Crippen molar-refractivity contribution in [3.05, 3.63) is 34.4 Å². The maximum absolute atomic E-state index is 11.7. The number of nitro groups is 1. The van der Waals surface area contributed by atoms with Crippen molar-refractivity contribution in [2.75, 3.05) is 6.54 Å². The summed E-state index contributed by atoms with van der Waals surface area (Å²) in [5.41, 5.74) is 5.15. The fraction of sp³-hybridized carbons (Fsp3) is 0.333. The lowest BCUT2D eigenvalue weighted by Gasteiger charge is -2.11. The number of nitrogens with one attached hydrogen (secondary N) is 1. The fourth-order valence-electron chi connectivity index (χ4n) is 1.13. The summed E-state index contributed by atoms with van der Waals surface area (Å²) in [6, 6.07) is 4.26. The molecule has 18 heavy (non-hydrogen) atoms. The van der Waals surface area contributed by atoms with Gasteiger partial charge in [-0.15, -0.1) is 12.4 Å². The molecule has 0 unspecified atom stereocenters. The zero-order valence-corrected chi connectivity index (χ0v) is 11.2. The van der Waals surface area contributed by atoms with E-state index in [-0.39, 0.29) is 29.5 Å². The standard InChI is InChI=1S/C9H13N3O4S.ClH/c1-7(6-10)11-17(15,16)9-4-2-8(3-5-9)12(13)14;/h2-5,7,11H,6,10H2,1H3;1H/t7-;/m0./s1. The number of nitro benzene ring substituents is 1. The second-order valence-corrected chi connectivity index (χ2v) is 5.22. The van der Waals surface area contributed by atoms with Gasteiger partial charge in [0.2, 0.25) is 10.0 Å². The van der Waals surface area contributed by atoms with Crippen molar-refractivity contribution in [2.45, 2.75) is 17.9 Å². The van der Waals surface area contributed by atoms with E-state index in [1.807, 2.05) is 0 Å². The predicted octanol–water partition coefficient (Wildman–Crippen LogP) is 0.642. The number of benzene rings is 1. The number of sulfonamides is 1. The van der Waals surface area contributed by atoms with Crippen molar-refractivity contribution >= 4 is 28.1 Å². The van der Waals surface area contributed by atoms with Crippen LogP contribution < -0.4 is 10.5 Å². The number of halogens is 1. The molecule has 3 N–H and O–H groups in total. The molecular formula is C9H14ClN3O4S. The minimum Gasteiger partial charge on any atom is -0.329 e. The molecule has 0 bridgehead atoms. The maximum atomic E-state index is 11.7. The Morgan fingerprint density at radius 1 is 1.39 bits per heavy atom. The number of non-ortho nitro benzene ring substituents is 1. The van der Waals surface area contributed by atoms with Crippen molar-refractivity contribution in [1.29, 1.82) is 0 Å². The highest BCUT2D eigenvalue weighted by molar-refractivity contribution is 7.89. The molecule has 0 aliphatic heterocycles. The number of rotatable bonds is 5. The van der Waals surface area contributed by atoms with Gasteiger partial charge in [-0.2, -0.15) is 0 Å². The van der Waals surface area contributed by atoms with Crippen LogP contribution in [-0.4, -0.2) is 25.9 Å². The van der Waals surface area contributed by atoms with E-state index >= 15 is 0 Å². The van der Waals surface area contributed by atoms with E-state index in [0.29, 0.717) is 0 Å². The van der Waals surface area contributed by atoms with Crippen molar-refractivity contribution in [3.63, 3.8) is 0 Å². The molecule has 0 aromatic heterocycles.